The van der Waals surface area contributed by atoms with Gasteiger partial charge in [-0.05, 0) is 53.0 Å². The Bertz CT molecular complexity index is 391. The van der Waals surface area contributed by atoms with Gasteiger partial charge in [-0.2, -0.15) is 0 Å². The van der Waals surface area contributed by atoms with Gasteiger partial charge in [0, 0.05) is 29.9 Å². The second-order valence-electron chi connectivity index (χ2n) is 4.82. The second-order valence-corrected chi connectivity index (χ2v) is 5.67. The van der Waals surface area contributed by atoms with Gasteiger partial charge in [-0.3, -0.25) is 4.90 Å². The maximum atomic E-state index is 5.91. The fourth-order valence-corrected chi connectivity index (χ4v) is 2.58. The van der Waals surface area contributed by atoms with E-state index >= 15 is 0 Å². The van der Waals surface area contributed by atoms with E-state index in [-0.39, 0.29) is 0 Å². The first kappa shape index (κ1) is 13.8. The molecular formula is C14H21BrN2O. The number of nitrogens with two attached hydrogens (primary N) is 1. The lowest BCUT2D eigenvalue weighted by Crippen LogP contribution is -2.31. The number of hydrogen-bond donors (Lipinski definition) is 1. The maximum absolute atomic E-state index is 5.91. The van der Waals surface area contributed by atoms with Crippen LogP contribution >= 0.6 is 15.9 Å². The summed E-state index contributed by atoms with van der Waals surface area (Å²) in [5.41, 5.74) is 7.98. The fraction of sp³-hybridized carbons (Fsp3) is 0.571. The number of halogens is 1. The van der Waals surface area contributed by atoms with Gasteiger partial charge in [-0.1, -0.05) is 13.0 Å². The number of nitrogen functional groups attached to an aromatic ring is 1. The van der Waals surface area contributed by atoms with Crippen LogP contribution in [-0.4, -0.2) is 30.7 Å². The normalized spacial score (nSPS) is 19.6. The molecule has 2 rings (SSSR count). The molecule has 0 radical (unpaired) electrons. The molecule has 3 nitrogen and oxygen atoms in total. The number of benzene rings is 1. The second kappa shape index (κ2) is 6.55. The quantitative estimate of drug-likeness (QED) is 0.849. The Morgan fingerprint density at radius 3 is 2.94 bits per heavy atom. The summed E-state index contributed by atoms with van der Waals surface area (Å²) < 4.78 is 6.66. The Balaban J connectivity index is 1.94. The van der Waals surface area contributed by atoms with Crippen LogP contribution < -0.4 is 5.73 Å². The molecule has 1 heterocycles. The van der Waals surface area contributed by atoms with Crippen LogP contribution in [0.1, 0.15) is 25.3 Å². The van der Waals surface area contributed by atoms with Gasteiger partial charge in [-0.25, -0.2) is 0 Å². The molecule has 1 fully saturated rings. The number of nitrogens with zero attached hydrogens (tertiary/aromatic N) is 1. The molecular weight excluding hydrogens is 292 g/mol. The molecule has 1 atom stereocenters. The van der Waals surface area contributed by atoms with Crippen molar-refractivity contribution in [2.24, 2.45) is 0 Å². The van der Waals surface area contributed by atoms with Crippen molar-refractivity contribution in [3.05, 3.63) is 28.2 Å². The van der Waals surface area contributed by atoms with E-state index in [0.717, 1.165) is 36.4 Å². The highest BCUT2D eigenvalue weighted by atomic mass is 79.9. The van der Waals surface area contributed by atoms with Gasteiger partial charge in [-0.15, -0.1) is 0 Å². The van der Waals surface area contributed by atoms with E-state index in [1.807, 2.05) is 12.1 Å². The Kier molecular flexibility index (Phi) is 5.03. The van der Waals surface area contributed by atoms with Crippen molar-refractivity contribution in [2.45, 2.75) is 32.4 Å². The van der Waals surface area contributed by atoms with Crippen LogP contribution in [0.15, 0.2) is 22.7 Å². The number of ether oxygens (including phenoxy) is 1. The highest BCUT2D eigenvalue weighted by Gasteiger charge is 2.18. The first-order chi connectivity index (χ1) is 8.69. The van der Waals surface area contributed by atoms with E-state index in [0.29, 0.717) is 6.10 Å². The van der Waals surface area contributed by atoms with Crippen LogP contribution in [0.4, 0.5) is 5.69 Å². The third-order valence-electron chi connectivity index (χ3n) is 3.40. The van der Waals surface area contributed by atoms with Crippen LogP contribution in [0.25, 0.3) is 0 Å². The van der Waals surface area contributed by atoms with Crippen molar-refractivity contribution in [2.75, 3.05) is 25.4 Å². The molecule has 2 N–H and O–H groups in total. The Morgan fingerprint density at radius 1 is 1.50 bits per heavy atom. The minimum atomic E-state index is 0.415. The van der Waals surface area contributed by atoms with Crippen molar-refractivity contribution in [1.82, 2.24) is 4.90 Å². The third kappa shape index (κ3) is 3.70. The molecule has 1 saturated heterocycles. The van der Waals surface area contributed by atoms with Crippen LogP contribution in [0, 0.1) is 0 Å². The summed E-state index contributed by atoms with van der Waals surface area (Å²) in [6.45, 7) is 6.11. The third-order valence-corrected chi connectivity index (χ3v) is 4.12. The van der Waals surface area contributed by atoms with Crippen molar-refractivity contribution in [3.8, 4) is 0 Å². The van der Waals surface area contributed by atoms with Gasteiger partial charge in [0.15, 0.2) is 0 Å². The molecule has 0 bridgehead atoms. The standard InChI is InChI=1S/C14H21BrN2O/c1-2-17(10-12-4-3-7-18-12)9-11-5-6-13(15)14(16)8-11/h5-6,8,12H,2-4,7,9-10,16H2,1H3. The molecule has 4 heteroatoms. The average molecular weight is 313 g/mol. The summed E-state index contributed by atoms with van der Waals surface area (Å²) >= 11 is 3.42. The lowest BCUT2D eigenvalue weighted by atomic mass is 10.1. The van der Waals surface area contributed by atoms with Crippen molar-refractivity contribution in [3.63, 3.8) is 0 Å². The summed E-state index contributed by atoms with van der Waals surface area (Å²) in [6.07, 6.45) is 2.81. The fourth-order valence-electron chi connectivity index (χ4n) is 2.33. The first-order valence-corrected chi connectivity index (χ1v) is 7.36. The Morgan fingerprint density at radius 2 is 2.33 bits per heavy atom. The summed E-state index contributed by atoms with van der Waals surface area (Å²) in [6, 6.07) is 6.19. The predicted octanol–water partition coefficient (Wildman–Crippen LogP) is 3.03. The molecule has 0 spiro atoms. The summed E-state index contributed by atoms with van der Waals surface area (Å²) in [7, 11) is 0. The highest BCUT2D eigenvalue weighted by Crippen LogP contribution is 2.21. The summed E-state index contributed by atoms with van der Waals surface area (Å²) in [5.74, 6) is 0. The van der Waals surface area contributed by atoms with Crippen LogP contribution in [0.5, 0.6) is 0 Å². The van der Waals surface area contributed by atoms with Crippen molar-refractivity contribution >= 4 is 21.6 Å². The van der Waals surface area contributed by atoms with E-state index in [9.17, 15) is 0 Å². The monoisotopic (exact) mass is 312 g/mol. The van der Waals surface area contributed by atoms with Crippen LogP contribution in [0.2, 0.25) is 0 Å². The molecule has 0 aliphatic carbocycles. The van der Waals surface area contributed by atoms with E-state index < -0.39 is 0 Å². The van der Waals surface area contributed by atoms with Gasteiger partial charge in [0.2, 0.25) is 0 Å². The van der Waals surface area contributed by atoms with Crippen molar-refractivity contribution < 1.29 is 4.74 Å². The molecule has 1 unspecified atom stereocenters. The Hall–Kier alpha value is -0.580. The number of likely N-dealkylation sites (N-methyl/N-ethyl adjacent to an activating group) is 1. The van der Waals surface area contributed by atoms with Gasteiger partial charge >= 0.3 is 0 Å². The van der Waals surface area contributed by atoms with Crippen molar-refractivity contribution in [1.29, 1.82) is 0 Å². The average Bonchev–Trinajstić information content (AvgIpc) is 2.86. The minimum Gasteiger partial charge on any atom is -0.398 e. The molecule has 0 amide bonds. The largest absolute Gasteiger partial charge is 0.398 e. The van der Waals surface area contributed by atoms with Gasteiger partial charge in [0.05, 0.1) is 6.10 Å². The van der Waals surface area contributed by atoms with E-state index in [1.165, 1.54) is 18.4 Å². The summed E-state index contributed by atoms with van der Waals surface area (Å²) in [5, 5.41) is 0. The molecule has 1 aliphatic heterocycles. The first-order valence-electron chi connectivity index (χ1n) is 6.57. The SMILES string of the molecule is CCN(Cc1ccc(Br)c(N)c1)CC1CCCO1. The zero-order chi connectivity index (χ0) is 13.0. The van der Waals surface area contributed by atoms with E-state index in [1.54, 1.807) is 0 Å². The lowest BCUT2D eigenvalue weighted by molar-refractivity contribution is 0.0725. The Labute approximate surface area is 117 Å². The molecule has 1 aromatic rings. The highest BCUT2D eigenvalue weighted by molar-refractivity contribution is 9.10. The number of rotatable bonds is 5. The summed E-state index contributed by atoms with van der Waals surface area (Å²) in [4.78, 5) is 2.42. The topological polar surface area (TPSA) is 38.5 Å². The predicted molar refractivity (Wildman–Crippen MR) is 78.5 cm³/mol. The lowest BCUT2D eigenvalue weighted by Gasteiger charge is -2.23. The molecule has 1 aliphatic rings. The zero-order valence-electron chi connectivity index (χ0n) is 10.9. The zero-order valence-corrected chi connectivity index (χ0v) is 12.4. The number of hydrogen-bond acceptors (Lipinski definition) is 3. The molecule has 0 aromatic heterocycles. The van der Waals surface area contributed by atoms with E-state index in [2.05, 4.69) is 33.8 Å². The van der Waals surface area contributed by atoms with Gasteiger partial charge in [0.25, 0.3) is 0 Å². The number of anilines is 1. The van der Waals surface area contributed by atoms with Gasteiger partial charge < -0.3 is 10.5 Å². The maximum Gasteiger partial charge on any atom is 0.0702 e. The van der Waals surface area contributed by atoms with E-state index in [4.69, 9.17) is 10.5 Å². The van der Waals surface area contributed by atoms with Gasteiger partial charge in [0.1, 0.15) is 0 Å². The molecule has 18 heavy (non-hydrogen) atoms. The van der Waals surface area contributed by atoms with Crippen LogP contribution in [0.3, 0.4) is 0 Å². The molecule has 0 saturated carbocycles. The molecule has 1 aromatic carbocycles. The smallest absolute Gasteiger partial charge is 0.0702 e. The minimum absolute atomic E-state index is 0.415. The van der Waals surface area contributed by atoms with Crippen LogP contribution in [-0.2, 0) is 11.3 Å². The molecule has 100 valence electrons.